The number of H-pyrrole nitrogens is 1. The van der Waals surface area contributed by atoms with E-state index in [1.165, 1.54) is 10.8 Å². The number of benzene rings is 2. The van der Waals surface area contributed by atoms with Crippen molar-refractivity contribution in [2.24, 2.45) is 0 Å². The number of para-hydroxylation sites is 1. The topological polar surface area (TPSA) is 83.9 Å². The first-order valence-corrected chi connectivity index (χ1v) is 7.87. The second-order valence-electron chi connectivity index (χ2n) is 5.88. The van der Waals surface area contributed by atoms with E-state index in [1.807, 2.05) is 43.3 Å². The molecule has 0 radical (unpaired) electrons. The van der Waals surface area contributed by atoms with Gasteiger partial charge in [0.15, 0.2) is 6.54 Å². The van der Waals surface area contributed by atoms with E-state index >= 15 is 0 Å². The van der Waals surface area contributed by atoms with Crippen LogP contribution in [0.4, 0.5) is 5.69 Å². The van der Waals surface area contributed by atoms with Gasteiger partial charge < -0.3 is 5.32 Å². The van der Waals surface area contributed by atoms with Crippen LogP contribution in [0.2, 0.25) is 0 Å². The molecule has 2 aromatic carbocycles. The first-order chi connectivity index (χ1) is 12.1. The Labute approximate surface area is 142 Å². The van der Waals surface area contributed by atoms with E-state index in [9.17, 15) is 9.59 Å². The number of amides is 1. The third-order valence-corrected chi connectivity index (χ3v) is 4.07. The molecular weight excluding hydrogens is 318 g/mol. The van der Waals surface area contributed by atoms with Gasteiger partial charge in [0.2, 0.25) is 6.20 Å². The lowest BCUT2D eigenvalue weighted by Crippen LogP contribution is -2.37. The second kappa shape index (κ2) is 5.86. The number of aromatic nitrogens is 4. The van der Waals surface area contributed by atoms with Gasteiger partial charge in [-0.25, -0.2) is 4.57 Å². The molecule has 0 fully saturated rings. The van der Waals surface area contributed by atoms with Crippen molar-refractivity contribution in [3.05, 3.63) is 70.6 Å². The van der Waals surface area contributed by atoms with Crippen molar-refractivity contribution in [1.29, 1.82) is 0 Å². The van der Waals surface area contributed by atoms with Crippen molar-refractivity contribution in [3.8, 4) is 0 Å². The zero-order valence-corrected chi connectivity index (χ0v) is 13.6. The minimum atomic E-state index is -0.272. The average Bonchev–Trinajstić information content (AvgIpc) is 3.08. The Hall–Kier alpha value is -3.48. The van der Waals surface area contributed by atoms with Crippen LogP contribution in [0.15, 0.2) is 59.5 Å². The van der Waals surface area contributed by atoms with Gasteiger partial charge in [-0.2, -0.15) is 0 Å². The maximum absolute atomic E-state index is 12.8. The zero-order valence-electron chi connectivity index (χ0n) is 13.6. The SMILES string of the molecule is Cc1cccc(NC(=O)Cn2c(=O)c3ccccc3[n+]3[nH]ncc23)c1. The maximum Gasteiger partial charge on any atom is 0.318 e. The molecule has 7 heteroatoms. The normalized spacial score (nSPS) is 11.1. The fourth-order valence-electron chi connectivity index (χ4n) is 2.94. The molecule has 0 saturated carbocycles. The van der Waals surface area contributed by atoms with Gasteiger partial charge in [0.05, 0.1) is 5.39 Å². The van der Waals surface area contributed by atoms with Crippen LogP contribution in [0.1, 0.15) is 5.56 Å². The van der Waals surface area contributed by atoms with Crippen molar-refractivity contribution in [1.82, 2.24) is 14.9 Å². The van der Waals surface area contributed by atoms with Gasteiger partial charge >= 0.3 is 5.56 Å². The Bertz CT molecular complexity index is 1160. The second-order valence-corrected chi connectivity index (χ2v) is 5.88. The highest BCUT2D eigenvalue weighted by molar-refractivity contribution is 5.91. The summed E-state index contributed by atoms with van der Waals surface area (Å²) in [5, 5.41) is 10.2. The fraction of sp³-hybridized carbons (Fsp3) is 0.111. The first-order valence-electron chi connectivity index (χ1n) is 7.87. The standard InChI is InChI=1S/C18H15N5O2/c1-12-5-4-6-13(9-12)20-16(24)11-22-17-10-19-21-23(17)15-8-3-2-7-14(15)18(22)25/h2-10H,11H2,1H3,(H,20,24)/p+1. The molecular formula is C18H16N5O2+. The van der Waals surface area contributed by atoms with E-state index in [0.717, 1.165) is 11.1 Å². The summed E-state index contributed by atoms with van der Waals surface area (Å²) in [5.41, 5.74) is 2.78. The van der Waals surface area contributed by atoms with Crippen LogP contribution in [0.3, 0.4) is 0 Å². The Balaban J connectivity index is 1.75. The molecule has 2 aromatic heterocycles. The molecule has 0 bridgehead atoms. The van der Waals surface area contributed by atoms with E-state index in [4.69, 9.17) is 0 Å². The van der Waals surface area contributed by atoms with Gasteiger partial charge in [0.1, 0.15) is 5.52 Å². The smallest absolute Gasteiger partial charge is 0.318 e. The summed E-state index contributed by atoms with van der Waals surface area (Å²) in [7, 11) is 0. The highest BCUT2D eigenvalue weighted by atomic mass is 16.2. The Morgan fingerprint density at radius 3 is 2.92 bits per heavy atom. The number of carbonyl (C=O) groups is 1. The third-order valence-electron chi connectivity index (χ3n) is 4.07. The fourth-order valence-corrected chi connectivity index (χ4v) is 2.94. The summed E-state index contributed by atoms with van der Waals surface area (Å²) in [6.07, 6.45) is 1.54. The highest BCUT2D eigenvalue weighted by Gasteiger charge is 2.20. The molecule has 1 amide bonds. The number of nitrogens with zero attached hydrogens (tertiary/aromatic N) is 3. The molecule has 0 aliphatic rings. The molecule has 2 heterocycles. The number of fused-ring (bicyclic) bond motifs is 3. The number of anilines is 1. The number of rotatable bonds is 3. The van der Waals surface area contributed by atoms with E-state index in [-0.39, 0.29) is 18.0 Å². The number of hydrogen-bond acceptors (Lipinski definition) is 3. The van der Waals surface area contributed by atoms with Crippen molar-refractivity contribution in [2.45, 2.75) is 13.5 Å². The van der Waals surface area contributed by atoms with E-state index < -0.39 is 0 Å². The number of hydrogen-bond donors (Lipinski definition) is 2. The Morgan fingerprint density at radius 1 is 1.24 bits per heavy atom. The van der Waals surface area contributed by atoms with Crippen molar-refractivity contribution in [3.63, 3.8) is 0 Å². The van der Waals surface area contributed by atoms with Gasteiger partial charge in [-0.15, -0.1) is 9.73 Å². The van der Waals surface area contributed by atoms with Crippen LogP contribution in [0.5, 0.6) is 0 Å². The van der Waals surface area contributed by atoms with Crippen LogP contribution in [-0.2, 0) is 11.3 Å². The van der Waals surface area contributed by atoms with E-state index in [1.54, 1.807) is 16.6 Å². The van der Waals surface area contributed by atoms with E-state index in [2.05, 4.69) is 15.6 Å². The molecule has 124 valence electrons. The lowest BCUT2D eigenvalue weighted by atomic mass is 10.2. The van der Waals surface area contributed by atoms with E-state index in [0.29, 0.717) is 16.7 Å². The van der Waals surface area contributed by atoms with Crippen LogP contribution >= 0.6 is 0 Å². The van der Waals surface area contributed by atoms with Crippen LogP contribution in [0.25, 0.3) is 16.6 Å². The first kappa shape index (κ1) is 15.1. The van der Waals surface area contributed by atoms with Gasteiger partial charge in [-0.1, -0.05) is 24.3 Å². The predicted octanol–water partition coefficient (Wildman–Crippen LogP) is 1.41. The summed E-state index contributed by atoms with van der Waals surface area (Å²) < 4.78 is 3.10. The molecule has 0 aliphatic carbocycles. The summed E-state index contributed by atoms with van der Waals surface area (Å²) in [5.74, 6) is -0.272. The van der Waals surface area contributed by atoms with Crippen molar-refractivity contribution < 1.29 is 9.31 Å². The van der Waals surface area contributed by atoms with Crippen LogP contribution < -0.4 is 15.4 Å². The summed E-state index contributed by atoms with van der Waals surface area (Å²) in [6.45, 7) is 1.86. The van der Waals surface area contributed by atoms with Crippen molar-refractivity contribution >= 4 is 28.1 Å². The van der Waals surface area contributed by atoms with Crippen molar-refractivity contribution in [2.75, 3.05) is 5.32 Å². The predicted molar refractivity (Wildman–Crippen MR) is 93.3 cm³/mol. The monoisotopic (exact) mass is 334 g/mol. The molecule has 2 N–H and O–H groups in total. The van der Waals surface area contributed by atoms with Crippen LogP contribution in [-0.4, -0.2) is 20.8 Å². The summed E-state index contributed by atoms with van der Waals surface area (Å²) in [6, 6.07) is 14.7. The van der Waals surface area contributed by atoms with Gasteiger partial charge in [0, 0.05) is 5.69 Å². The molecule has 25 heavy (non-hydrogen) atoms. The zero-order chi connectivity index (χ0) is 17.4. The molecule has 4 aromatic rings. The summed E-state index contributed by atoms with van der Waals surface area (Å²) >= 11 is 0. The number of nitrogens with one attached hydrogen (secondary N) is 2. The number of carbonyl (C=O) groups excluding carboxylic acids is 1. The average molecular weight is 334 g/mol. The lowest BCUT2D eigenvalue weighted by molar-refractivity contribution is -0.557. The van der Waals surface area contributed by atoms with Gasteiger partial charge in [0.25, 0.3) is 11.6 Å². The van der Waals surface area contributed by atoms with Crippen LogP contribution in [0, 0.1) is 6.92 Å². The minimum absolute atomic E-state index is 0.0966. The quantitative estimate of drug-likeness (QED) is 0.556. The molecule has 0 saturated heterocycles. The third kappa shape index (κ3) is 2.65. The Morgan fingerprint density at radius 2 is 2.08 bits per heavy atom. The number of aryl methyl sites for hydroxylation is 1. The highest BCUT2D eigenvalue weighted by Crippen LogP contribution is 2.10. The lowest BCUT2D eigenvalue weighted by Gasteiger charge is -2.07. The molecule has 0 atom stereocenters. The maximum atomic E-state index is 12.8. The minimum Gasteiger partial charge on any atom is -0.323 e. The molecule has 0 spiro atoms. The van der Waals surface area contributed by atoms with Gasteiger partial charge in [-0.3, -0.25) is 9.59 Å². The number of aromatic amines is 1. The van der Waals surface area contributed by atoms with Gasteiger partial charge in [-0.05, 0) is 41.9 Å². The Kier molecular flexibility index (Phi) is 3.53. The largest absolute Gasteiger partial charge is 0.323 e. The molecule has 4 rings (SSSR count). The molecule has 0 aliphatic heterocycles. The molecule has 7 nitrogen and oxygen atoms in total. The molecule has 0 unspecified atom stereocenters. The summed E-state index contributed by atoms with van der Waals surface area (Å²) in [4.78, 5) is 25.2.